The number of aryl methyl sites for hydroxylation is 1. The average molecular weight is 363 g/mol. The predicted octanol–water partition coefficient (Wildman–Crippen LogP) is 3.34. The molecule has 0 fully saturated rings. The Bertz CT molecular complexity index is 716. The second-order valence-corrected chi connectivity index (χ2v) is 6.39. The molecule has 1 heterocycles. The van der Waals surface area contributed by atoms with Crippen LogP contribution in [0.3, 0.4) is 0 Å². The van der Waals surface area contributed by atoms with Crippen molar-refractivity contribution in [2.24, 2.45) is 0 Å². The molecule has 0 saturated carbocycles. The lowest BCUT2D eigenvalue weighted by molar-refractivity contribution is 0.0693. The molecule has 0 aliphatic rings. The molecule has 0 unspecified atom stereocenters. The Morgan fingerprint density at radius 2 is 1.96 bits per heavy atom. The van der Waals surface area contributed by atoms with Crippen LogP contribution < -0.4 is 10.1 Å². The van der Waals surface area contributed by atoms with Gasteiger partial charge in [-0.1, -0.05) is 30.3 Å². The molecule has 1 aromatic heterocycles. The van der Waals surface area contributed by atoms with Crippen LogP contribution in [0.4, 0.5) is 9.80 Å². The van der Waals surface area contributed by atoms with E-state index in [0.29, 0.717) is 6.61 Å². The van der Waals surface area contributed by atoms with E-state index in [2.05, 4.69) is 21.8 Å². The highest BCUT2D eigenvalue weighted by Gasteiger charge is 2.23. The summed E-state index contributed by atoms with van der Waals surface area (Å²) in [6.45, 7) is 0.373. The molecule has 2 amide bonds. The molecule has 7 nitrogen and oxygen atoms in total. The molecule has 0 aliphatic heterocycles. The first-order chi connectivity index (χ1) is 12.0. The van der Waals surface area contributed by atoms with Gasteiger partial charge in [-0.05, 0) is 36.4 Å². The molecule has 134 valence electrons. The van der Waals surface area contributed by atoms with Crippen molar-refractivity contribution in [3.05, 3.63) is 41.5 Å². The zero-order valence-electron chi connectivity index (χ0n) is 14.2. The number of carboxylic acid groups (broad SMARTS) is 1. The second kappa shape index (κ2) is 9.03. The first-order valence-electron chi connectivity index (χ1n) is 7.87. The summed E-state index contributed by atoms with van der Waals surface area (Å²) < 4.78 is 9.52. The van der Waals surface area contributed by atoms with Gasteiger partial charge in [-0.3, -0.25) is 5.32 Å². The summed E-state index contributed by atoms with van der Waals surface area (Å²) in [6.07, 6.45) is 2.66. The number of carbonyl (C=O) groups is 2. The number of unbranched alkanes of at least 4 members (excludes halogenated alkanes) is 1. The van der Waals surface area contributed by atoms with Crippen LogP contribution in [0, 0.1) is 0 Å². The number of nitrogens with zero attached hydrogens (tertiary/aromatic N) is 2. The van der Waals surface area contributed by atoms with Crippen LogP contribution in [0.25, 0.3) is 0 Å². The molecule has 0 radical (unpaired) electrons. The number of benzene rings is 1. The minimum Gasteiger partial charge on any atom is -0.477 e. The molecule has 25 heavy (non-hydrogen) atoms. The van der Waals surface area contributed by atoms with Crippen LogP contribution in [-0.4, -0.2) is 47.1 Å². The van der Waals surface area contributed by atoms with Gasteiger partial charge in [-0.2, -0.15) is 4.37 Å². The van der Waals surface area contributed by atoms with Gasteiger partial charge >= 0.3 is 12.0 Å². The molecule has 1 aromatic carbocycles. The Labute approximate surface area is 150 Å². The maximum absolute atomic E-state index is 11.7. The van der Waals surface area contributed by atoms with E-state index in [-0.39, 0.29) is 16.4 Å². The van der Waals surface area contributed by atoms with Crippen LogP contribution in [0.5, 0.6) is 5.88 Å². The maximum atomic E-state index is 11.7. The quantitative estimate of drug-likeness (QED) is 0.702. The van der Waals surface area contributed by atoms with E-state index >= 15 is 0 Å². The number of carbonyl (C=O) groups excluding carboxylic acids is 1. The van der Waals surface area contributed by atoms with Crippen molar-refractivity contribution in [1.82, 2.24) is 9.27 Å². The third-order valence-corrected chi connectivity index (χ3v) is 4.19. The van der Waals surface area contributed by atoms with E-state index in [1.54, 1.807) is 14.1 Å². The number of aromatic carboxylic acids is 1. The number of carboxylic acids is 1. The maximum Gasteiger partial charge on any atom is 0.344 e. The molecule has 2 N–H and O–H groups in total. The molecular weight excluding hydrogens is 342 g/mol. The number of hydrogen-bond acceptors (Lipinski definition) is 5. The number of urea groups is 1. The van der Waals surface area contributed by atoms with E-state index in [9.17, 15) is 14.7 Å². The minimum absolute atomic E-state index is 0.0475. The summed E-state index contributed by atoms with van der Waals surface area (Å²) in [4.78, 5) is 24.5. The van der Waals surface area contributed by atoms with Crippen LogP contribution in [0.15, 0.2) is 30.3 Å². The number of amides is 2. The van der Waals surface area contributed by atoms with Crippen LogP contribution in [0.1, 0.15) is 28.8 Å². The first-order valence-corrected chi connectivity index (χ1v) is 8.64. The first kappa shape index (κ1) is 18.7. The summed E-state index contributed by atoms with van der Waals surface area (Å²) in [7, 11) is 3.14. The standard InChI is InChI=1S/C17H21N3O4S/c1-20(2)17(23)18-15-13(16(21)22)14(19-25-15)24-11-7-6-10-12-8-4-3-5-9-12/h3-5,8-9H,6-7,10-11H2,1-2H3,(H,18,23)(H,21,22). The SMILES string of the molecule is CN(C)C(=O)Nc1snc(OCCCCc2ccccc2)c1C(=O)O. The predicted molar refractivity (Wildman–Crippen MR) is 96.7 cm³/mol. The van der Waals surface area contributed by atoms with Gasteiger partial charge in [-0.15, -0.1) is 0 Å². The van der Waals surface area contributed by atoms with Crippen molar-refractivity contribution in [1.29, 1.82) is 0 Å². The Kier molecular flexibility index (Phi) is 6.76. The fraction of sp³-hybridized carbons (Fsp3) is 0.353. The highest BCUT2D eigenvalue weighted by Crippen LogP contribution is 2.31. The van der Waals surface area contributed by atoms with Crippen LogP contribution in [-0.2, 0) is 6.42 Å². The van der Waals surface area contributed by atoms with Crippen LogP contribution >= 0.6 is 11.5 Å². The third kappa shape index (κ3) is 5.46. The topological polar surface area (TPSA) is 91.8 Å². The van der Waals surface area contributed by atoms with Gasteiger partial charge in [0.2, 0.25) is 5.88 Å². The smallest absolute Gasteiger partial charge is 0.344 e. The van der Waals surface area contributed by atoms with E-state index in [4.69, 9.17) is 4.74 Å². The fourth-order valence-corrected chi connectivity index (χ4v) is 2.82. The molecule has 2 rings (SSSR count). The fourth-order valence-electron chi connectivity index (χ4n) is 2.10. The minimum atomic E-state index is -1.18. The summed E-state index contributed by atoms with van der Waals surface area (Å²) in [5, 5.41) is 12.0. The summed E-state index contributed by atoms with van der Waals surface area (Å²) in [5.41, 5.74) is 1.15. The second-order valence-electron chi connectivity index (χ2n) is 5.61. The van der Waals surface area contributed by atoms with Gasteiger partial charge in [0, 0.05) is 14.1 Å². The number of nitrogens with one attached hydrogen (secondary N) is 1. The Hall–Kier alpha value is -2.61. The largest absolute Gasteiger partial charge is 0.477 e. The highest BCUT2D eigenvalue weighted by atomic mass is 32.1. The van der Waals surface area contributed by atoms with Crippen molar-refractivity contribution in [2.45, 2.75) is 19.3 Å². The summed E-state index contributed by atoms with van der Waals surface area (Å²) >= 11 is 0.896. The lowest BCUT2D eigenvalue weighted by Crippen LogP contribution is -2.27. The van der Waals surface area contributed by atoms with Crippen molar-refractivity contribution in [2.75, 3.05) is 26.0 Å². The number of hydrogen-bond donors (Lipinski definition) is 2. The number of anilines is 1. The van der Waals surface area contributed by atoms with E-state index in [1.165, 1.54) is 10.5 Å². The number of aromatic nitrogens is 1. The number of ether oxygens (including phenoxy) is 1. The van der Waals surface area contributed by atoms with Gasteiger partial charge in [0.15, 0.2) is 5.56 Å². The van der Waals surface area contributed by atoms with Gasteiger partial charge < -0.3 is 14.7 Å². The summed E-state index contributed by atoms with van der Waals surface area (Å²) in [6, 6.07) is 9.72. The molecule has 8 heteroatoms. The summed E-state index contributed by atoms with van der Waals surface area (Å²) in [5.74, 6) is -1.13. The Morgan fingerprint density at radius 1 is 1.24 bits per heavy atom. The van der Waals surface area contributed by atoms with Crippen molar-refractivity contribution in [3.8, 4) is 5.88 Å². The molecular formula is C17H21N3O4S. The number of rotatable bonds is 8. The van der Waals surface area contributed by atoms with Crippen LogP contribution in [0.2, 0.25) is 0 Å². The van der Waals surface area contributed by atoms with E-state index < -0.39 is 12.0 Å². The molecule has 0 saturated heterocycles. The zero-order chi connectivity index (χ0) is 18.2. The molecule has 0 atom stereocenters. The van der Waals surface area contributed by atoms with E-state index in [0.717, 1.165) is 30.8 Å². The third-order valence-electron chi connectivity index (χ3n) is 3.44. The zero-order valence-corrected chi connectivity index (χ0v) is 15.0. The molecule has 2 aromatic rings. The van der Waals surface area contributed by atoms with Gasteiger partial charge in [0.1, 0.15) is 5.00 Å². The van der Waals surface area contributed by atoms with Crippen molar-refractivity contribution >= 4 is 28.5 Å². The van der Waals surface area contributed by atoms with Crippen molar-refractivity contribution in [3.63, 3.8) is 0 Å². The Morgan fingerprint density at radius 3 is 2.60 bits per heavy atom. The van der Waals surface area contributed by atoms with Crippen molar-refractivity contribution < 1.29 is 19.4 Å². The lowest BCUT2D eigenvalue weighted by atomic mass is 10.1. The average Bonchev–Trinajstić information content (AvgIpc) is 2.98. The lowest BCUT2D eigenvalue weighted by Gasteiger charge is -2.11. The monoisotopic (exact) mass is 363 g/mol. The highest BCUT2D eigenvalue weighted by molar-refractivity contribution is 7.11. The Balaban J connectivity index is 1.88. The van der Waals surface area contributed by atoms with E-state index in [1.807, 2.05) is 18.2 Å². The molecule has 0 aliphatic carbocycles. The molecule has 0 bridgehead atoms. The normalized spacial score (nSPS) is 10.3. The van der Waals surface area contributed by atoms with Gasteiger partial charge in [0.05, 0.1) is 6.61 Å². The van der Waals surface area contributed by atoms with Gasteiger partial charge in [-0.25, -0.2) is 9.59 Å². The van der Waals surface area contributed by atoms with Gasteiger partial charge in [0.25, 0.3) is 0 Å². The molecule has 0 spiro atoms.